The van der Waals surface area contributed by atoms with Gasteiger partial charge in [0.1, 0.15) is 0 Å². The van der Waals surface area contributed by atoms with Crippen molar-refractivity contribution in [3.63, 3.8) is 0 Å². The Balaban J connectivity index is 0.00000630. The minimum Gasteiger partial charge on any atom is -0.0620 e. The SMILES string of the molecule is [Fe+2].c1ccc([PH+](CC[PH+](CC[PH+](CC[PH+](c2ccccc2)c2ccccc2)CC[PH+](c2ccccc2)c2ccccc2)CC[PH+](c2ccccc2)c2ccccc2)c2ccccc2)cc1. The molecule has 0 amide bonds. The molecule has 0 bridgehead atoms. The molecule has 8 rings (SSSR count). The van der Waals surface area contributed by atoms with E-state index in [1.165, 1.54) is 61.6 Å². The largest absolute Gasteiger partial charge is 2.00 e. The second kappa shape index (κ2) is 27.6. The molecule has 0 unspecified atom stereocenters. The summed E-state index contributed by atoms with van der Waals surface area (Å²) in [5.74, 6) is 0. The van der Waals surface area contributed by atoms with E-state index in [0.717, 1.165) is 0 Å². The summed E-state index contributed by atoms with van der Waals surface area (Å²) in [6.45, 7) is 0. The predicted octanol–water partition coefficient (Wildman–Crippen LogP) is 10.9. The monoisotopic (exact) mass is 1000 g/mol. The summed E-state index contributed by atoms with van der Waals surface area (Å²) in [5, 5.41) is 12.5. The maximum absolute atomic E-state index is 2.41. The van der Waals surface area contributed by atoms with E-state index >= 15 is 0 Å². The van der Waals surface area contributed by atoms with Gasteiger partial charge in [-0.3, -0.25) is 0 Å². The Morgan fingerprint density at radius 3 is 0.431 bits per heavy atom. The van der Waals surface area contributed by atoms with E-state index in [-0.39, 0.29) is 17.1 Å². The minimum absolute atomic E-state index is 0. The molecule has 8 aromatic carbocycles. The molecular formula is C58H66FeP6+8. The molecule has 0 nitrogen and oxygen atoms in total. The average molecular weight is 1000 g/mol. The summed E-state index contributed by atoms with van der Waals surface area (Å²) >= 11 is 0. The third kappa shape index (κ3) is 15.2. The van der Waals surface area contributed by atoms with Crippen LogP contribution in [0, 0.1) is 0 Å². The zero-order valence-corrected chi connectivity index (χ0v) is 44.6. The van der Waals surface area contributed by atoms with Gasteiger partial charge < -0.3 is 0 Å². The van der Waals surface area contributed by atoms with Crippen LogP contribution in [-0.4, -0.2) is 61.6 Å². The molecule has 0 aliphatic rings. The molecule has 8 aromatic rings. The van der Waals surface area contributed by atoms with E-state index in [1.54, 1.807) is 42.4 Å². The summed E-state index contributed by atoms with van der Waals surface area (Å²) < 4.78 is 0. The smallest absolute Gasteiger partial charge is 0.0620 e. The summed E-state index contributed by atoms with van der Waals surface area (Å²) in [4.78, 5) is 0. The molecule has 0 heterocycles. The third-order valence-corrected chi connectivity index (χ3v) is 32.2. The fraction of sp³-hybridized carbons (Fsp3) is 0.172. The number of hydrogen-bond donors (Lipinski definition) is 0. The first-order chi connectivity index (χ1) is 31.8. The van der Waals surface area contributed by atoms with Crippen molar-refractivity contribution in [1.29, 1.82) is 0 Å². The molecule has 0 radical (unpaired) electrons. The Morgan fingerprint density at radius 2 is 0.292 bits per heavy atom. The van der Waals surface area contributed by atoms with Gasteiger partial charge in [-0.2, -0.15) is 0 Å². The van der Waals surface area contributed by atoms with Crippen LogP contribution in [0.25, 0.3) is 0 Å². The van der Waals surface area contributed by atoms with Gasteiger partial charge in [-0.1, -0.05) is 146 Å². The first-order valence-corrected chi connectivity index (χ1v) is 34.4. The average Bonchev–Trinajstić information content (AvgIpc) is 3.38. The minimum atomic E-state index is -0.887. The Morgan fingerprint density at radius 1 is 0.169 bits per heavy atom. The Labute approximate surface area is 408 Å². The molecule has 0 atom stereocenters. The number of hydrogen-bond acceptors (Lipinski definition) is 0. The molecule has 0 saturated carbocycles. The summed E-state index contributed by atoms with van der Waals surface area (Å²) in [6.07, 6.45) is 13.9. The van der Waals surface area contributed by atoms with E-state index in [0.29, 0.717) is 0 Å². The van der Waals surface area contributed by atoms with Gasteiger partial charge in [0, 0.05) is 15.8 Å². The summed E-state index contributed by atoms with van der Waals surface area (Å²) in [5.41, 5.74) is 0. The van der Waals surface area contributed by atoms with E-state index in [2.05, 4.69) is 243 Å². The Hall–Kier alpha value is -3.14. The fourth-order valence-electron chi connectivity index (χ4n) is 9.25. The van der Waals surface area contributed by atoms with Crippen LogP contribution in [0.1, 0.15) is 0 Å². The normalized spacial score (nSPS) is 11.5. The molecule has 0 N–H and O–H groups in total. The van der Waals surface area contributed by atoms with Crippen molar-refractivity contribution < 1.29 is 17.1 Å². The number of benzene rings is 8. The van der Waals surface area contributed by atoms with Crippen molar-refractivity contribution in [3.8, 4) is 0 Å². The van der Waals surface area contributed by atoms with Gasteiger partial charge in [0.2, 0.25) is 0 Å². The van der Waals surface area contributed by atoms with Crippen LogP contribution in [0.15, 0.2) is 243 Å². The van der Waals surface area contributed by atoms with Gasteiger partial charge in [-0.25, -0.2) is 0 Å². The molecule has 0 spiro atoms. The molecule has 328 valence electrons. The van der Waals surface area contributed by atoms with Crippen molar-refractivity contribution in [3.05, 3.63) is 243 Å². The Kier molecular flexibility index (Phi) is 21.1. The first-order valence-electron chi connectivity index (χ1n) is 23.3. The van der Waals surface area contributed by atoms with E-state index in [1.807, 2.05) is 0 Å². The van der Waals surface area contributed by atoms with Gasteiger partial charge in [-0.15, -0.1) is 0 Å². The zero-order chi connectivity index (χ0) is 43.4. The van der Waals surface area contributed by atoms with E-state index < -0.39 is 47.5 Å². The van der Waals surface area contributed by atoms with Gasteiger partial charge in [0.25, 0.3) is 0 Å². The van der Waals surface area contributed by atoms with Crippen LogP contribution < -0.4 is 42.4 Å². The van der Waals surface area contributed by atoms with Crippen molar-refractivity contribution in [1.82, 2.24) is 0 Å². The van der Waals surface area contributed by atoms with Gasteiger partial charge in [0.15, 0.2) is 0 Å². The second-order valence-corrected chi connectivity index (χ2v) is 33.3. The Bertz CT molecular complexity index is 1960. The van der Waals surface area contributed by atoms with Gasteiger partial charge >= 0.3 is 17.1 Å². The van der Waals surface area contributed by atoms with E-state index in [9.17, 15) is 0 Å². The van der Waals surface area contributed by atoms with Crippen LogP contribution in [0.3, 0.4) is 0 Å². The van der Waals surface area contributed by atoms with Crippen LogP contribution in [-0.2, 0) is 17.1 Å². The van der Waals surface area contributed by atoms with Crippen LogP contribution in [0.5, 0.6) is 0 Å². The van der Waals surface area contributed by atoms with Crippen LogP contribution in [0.2, 0.25) is 0 Å². The summed E-state index contributed by atoms with van der Waals surface area (Å²) in [7, 11) is -4.84. The molecule has 0 saturated heterocycles. The summed E-state index contributed by atoms with van der Waals surface area (Å²) in [6, 6.07) is 92.4. The van der Waals surface area contributed by atoms with Gasteiger partial charge in [-0.05, 0) is 97.1 Å². The molecule has 0 aromatic heterocycles. The number of rotatable bonds is 23. The molecule has 65 heavy (non-hydrogen) atoms. The molecule has 0 fully saturated rings. The molecule has 0 aliphatic heterocycles. The molecule has 7 heteroatoms. The van der Waals surface area contributed by atoms with Crippen molar-refractivity contribution in [2.45, 2.75) is 0 Å². The third-order valence-electron chi connectivity index (χ3n) is 12.7. The van der Waals surface area contributed by atoms with Crippen LogP contribution in [0.4, 0.5) is 0 Å². The zero-order valence-electron chi connectivity index (χ0n) is 37.5. The van der Waals surface area contributed by atoms with Crippen molar-refractivity contribution in [2.24, 2.45) is 0 Å². The van der Waals surface area contributed by atoms with E-state index in [4.69, 9.17) is 0 Å². The van der Waals surface area contributed by atoms with Crippen molar-refractivity contribution in [2.75, 3.05) is 61.6 Å². The molecule has 0 aliphatic carbocycles. The quantitative estimate of drug-likeness (QED) is 0.0443. The fourth-order valence-corrected chi connectivity index (χ4v) is 31.6. The predicted molar refractivity (Wildman–Crippen MR) is 307 cm³/mol. The first kappa shape index (κ1) is 49.8. The van der Waals surface area contributed by atoms with Crippen LogP contribution >= 0.6 is 47.5 Å². The molecular weight excluding hydrogens is 938 g/mol. The van der Waals surface area contributed by atoms with Gasteiger partial charge in [0.05, 0.1) is 136 Å². The van der Waals surface area contributed by atoms with Crippen molar-refractivity contribution >= 4 is 90.0 Å². The topological polar surface area (TPSA) is 0 Å². The standard InChI is InChI=1S/C58H60P6.Fe/c1-9-25-51(26-10-1)61(52-27-11-2-12-28-52)47-43-59(44-48-62(53-29-13-3-14-30-53)54-31-15-4-16-32-54)41-42-60(45-49-63(55-33-17-5-18-34-55)56-35-19-6-20-36-56)46-50-64(57-37-21-7-22-38-57)58-39-23-8-24-40-58;/h1-40H,41-50H2;/q;+2/p+6. The maximum atomic E-state index is 2.41. The maximum Gasteiger partial charge on any atom is 2.00 e. The second-order valence-electron chi connectivity index (χ2n) is 16.8.